The molecule has 3 aromatic heterocycles. The predicted octanol–water partition coefficient (Wildman–Crippen LogP) is 3.48. The Morgan fingerprint density at radius 3 is 2.73 bits per heavy atom. The van der Waals surface area contributed by atoms with Gasteiger partial charge in [-0.05, 0) is 36.4 Å². The molecule has 0 unspecified atom stereocenters. The van der Waals surface area contributed by atoms with Crippen molar-refractivity contribution in [3.8, 4) is 28.6 Å². The van der Waals surface area contributed by atoms with E-state index in [2.05, 4.69) is 25.3 Å². The predicted molar refractivity (Wildman–Crippen MR) is 93.4 cm³/mol. The van der Waals surface area contributed by atoms with Crippen molar-refractivity contribution < 1.29 is 13.7 Å². The van der Waals surface area contributed by atoms with E-state index in [9.17, 15) is 0 Å². The van der Waals surface area contributed by atoms with Gasteiger partial charge in [0, 0.05) is 23.5 Å². The summed E-state index contributed by atoms with van der Waals surface area (Å²) in [5.74, 6) is 2.61. The molecule has 130 valence electrons. The summed E-state index contributed by atoms with van der Waals surface area (Å²) in [6.07, 6.45) is 3.37. The van der Waals surface area contributed by atoms with E-state index in [0.717, 1.165) is 16.9 Å². The second-order valence-corrected chi connectivity index (χ2v) is 6.07. The minimum atomic E-state index is 0.428. The smallest absolute Gasteiger partial charge is 0.277 e. The molecule has 4 aromatic rings. The van der Waals surface area contributed by atoms with Crippen LogP contribution in [0, 0.1) is 0 Å². The molecule has 8 nitrogen and oxygen atoms in total. The molecule has 0 atom stereocenters. The maximum atomic E-state index is 5.66. The molecule has 0 radical (unpaired) electrons. The molecule has 0 aliphatic rings. The monoisotopic (exact) mass is 367 g/mol. The molecule has 1 aromatic carbocycles. The van der Waals surface area contributed by atoms with Gasteiger partial charge in [-0.1, -0.05) is 16.9 Å². The van der Waals surface area contributed by atoms with Gasteiger partial charge in [0.2, 0.25) is 17.6 Å². The molecular weight excluding hydrogens is 354 g/mol. The zero-order valence-electron chi connectivity index (χ0n) is 13.7. The second kappa shape index (κ2) is 7.36. The minimum absolute atomic E-state index is 0.428. The Kier molecular flexibility index (Phi) is 4.61. The van der Waals surface area contributed by atoms with Crippen LogP contribution in [0.25, 0.3) is 22.8 Å². The van der Waals surface area contributed by atoms with Crippen molar-refractivity contribution in [2.75, 3.05) is 7.11 Å². The van der Waals surface area contributed by atoms with Crippen LogP contribution >= 0.6 is 11.8 Å². The van der Waals surface area contributed by atoms with Crippen molar-refractivity contribution in [3.63, 3.8) is 0 Å². The van der Waals surface area contributed by atoms with Gasteiger partial charge >= 0.3 is 0 Å². The lowest BCUT2D eigenvalue weighted by Crippen LogP contribution is -1.83. The molecule has 9 heteroatoms. The number of thioether (sulfide) groups is 1. The van der Waals surface area contributed by atoms with Crippen molar-refractivity contribution in [1.82, 2.24) is 25.3 Å². The third kappa shape index (κ3) is 3.57. The molecule has 0 fully saturated rings. The van der Waals surface area contributed by atoms with Gasteiger partial charge in [0.15, 0.2) is 0 Å². The standard InChI is InChI=1S/C17H13N5O3S/c1-23-13-6-4-11(5-7-13)16-20-21-17(24-16)26-10-14-19-15(22-25-14)12-3-2-8-18-9-12/h2-9H,10H2,1H3. The number of aromatic nitrogens is 5. The van der Waals surface area contributed by atoms with E-state index in [1.165, 1.54) is 11.8 Å². The largest absolute Gasteiger partial charge is 0.497 e. The van der Waals surface area contributed by atoms with Crippen LogP contribution in [0.15, 0.2) is 63.0 Å². The van der Waals surface area contributed by atoms with Crippen LogP contribution in [0.1, 0.15) is 5.89 Å². The Morgan fingerprint density at radius 1 is 1.08 bits per heavy atom. The summed E-state index contributed by atoms with van der Waals surface area (Å²) >= 11 is 1.33. The van der Waals surface area contributed by atoms with Crippen LogP contribution in [0.2, 0.25) is 0 Å². The van der Waals surface area contributed by atoms with Crippen molar-refractivity contribution in [3.05, 3.63) is 54.7 Å². The van der Waals surface area contributed by atoms with E-state index < -0.39 is 0 Å². The van der Waals surface area contributed by atoms with E-state index in [4.69, 9.17) is 13.7 Å². The molecule has 0 saturated carbocycles. The van der Waals surface area contributed by atoms with Crippen molar-refractivity contribution in [2.45, 2.75) is 11.0 Å². The summed E-state index contributed by atoms with van der Waals surface area (Å²) in [7, 11) is 1.62. The number of methoxy groups -OCH3 is 1. The van der Waals surface area contributed by atoms with Gasteiger partial charge in [-0.15, -0.1) is 10.2 Å². The average Bonchev–Trinajstić information content (AvgIpc) is 3.37. The first-order valence-electron chi connectivity index (χ1n) is 7.65. The molecule has 0 N–H and O–H groups in total. The summed E-state index contributed by atoms with van der Waals surface area (Å²) in [5, 5.41) is 12.5. The van der Waals surface area contributed by atoms with Crippen LogP contribution in [0.4, 0.5) is 0 Å². The number of benzene rings is 1. The maximum absolute atomic E-state index is 5.66. The molecule has 0 spiro atoms. The third-order valence-electron chi connectivity index (χ3n) is 3.45. The first-order chi connectivity index (χ1) is 12.8. The van der Waals surface area contributed by atoms with E-state index >= 15 is 0 Å². The molecule has 0 aliphatic carbocycles. The Hall–Kier alpha value is -3.20. The summed E-state index contributed by atoms with van der Waals surface area (Å²) in [6, 6.07) is 11.1. The Bertz CT molecular complexity index is 985. The normalized spacial score (nSPS) is 10.8. The van der Waals surface area contributed by atoms with E-state index in [1.54, 1.807) is 19.5 Å². The number of hydrogen-bond donors (Lipinski definition) is 0. The lowest BCUT2D eigenvalue weighted by molar-refractivity contribution is 0.391. The van der Waals surface area contributed by atoms with Gasteiger partial charge in [-0.3, -0.25) is 4.98 Å². The lowest BCUT2D eigenvalue weighted by atomic mass is 10.2. The molecule has 3 heterocycles. The van der Waals surface area contributed by atoms with Crippen molar-refractivity contribution >= 4 is 11.8 Å². The average molecular weight is 367 g/mol. The highest BCUT2D eigenvalue weighted by Crippen LogP contribution is 2.27. The SMILES string of the molecule is COc1ccc(-c2nnc(SCc3nc(-c4cccnc4)no3)o2)cc1. The van der Waals surface area contributed by atoms with Crippen LogP contribution in [0.5, 0.6) is 5.75 Å². The fourth-order valence-corrected chi connectivity index (χ4v) is 2.77. The van der Waals surface area contributed by atoms with Gasteiger partial charge in [0.25, 0.3) is 5.22 Å². The first kappa shape index (κ1) is 16.3. The van der Waals surface area contributed by atoms with Gasteiger partial charge in [0.05, 0.1) is 12.9 Å². The summed E-state index contributed by atoms with van der Waals surface area (Å²) < 4.78 is 16.0. The second-order valence-electron chi connectivity index (χ2n) is 5.14. The van der Waals surface area contributed by atoms with Crippen LogP contribution < -0.4 is 4.74 Å². The number of rotatable bonds is 6. The van der Waals surface area contributed by atoms with Gasteiger partial charge < -0.3 is 13.7 Å². The first-order valence-corrected chi connectivity index (χ1v) is 8.64. The summed E-state index contributed by atoms with van der Waals surface area (Å²) in [4.78, 5) is 8.38. The zero-order valence-corrected chi connectivity index (χ0v) is 14.5. The van der Waals surface area contributed by atoms with Crippen LogP contribution in [-0.2, 0) is 5.75 Å². The molecule has 0 aliphatic heterocycles. The fraction of sp³-hybridized carbons (Fsp3) is 0.118. The highest BCUT2D eigenvalue weighted by atomic mass is 32.2. The van der Waals surface area contributed by atoms with Crippen LogP contribution in [0.3, 0.4) is 0 Å². The quantitative estimate of drug-likeness (QED) is 0.474. The molecular formula is C17H13N5O3S. The highest BCUT2D eigenvalue weighted by molar-refractivity contribution is 7.98. The Balaban J connectivity index is 1.41. The molecule has 26 heavy (non-hydrogen) atoms. The fourth-order valence-electron chi connectivity index (χ4n) is 2.17. The summed E-state index contributed by atoms with van der Waals surface area (Å²) in [5.41, 5.74) is 1.62. The van der Waals surface area contributed by atoms with E-state index in [-0.39, 0.29) is 0 Å². The highest BCUT2D eigenvalue weighted by Gasteiger charge is 2.13. The number of ether oxygens (including phenoxy) is 1. The Morgan fingerprint density at radius 2 is 1.96 bits per heavy atom. The number of hydrogen-bond acceptors (Lipinski definition) is 9. The van der Waals surface area contributed by atoms with Gasteiger partial charge in [0.1, 0.15) is 5.75 Å². The number of nitrogens with zero attached hydrogens (tertiary/aromatic N) is 5. The van der Waals surface area contributed by atoms with Crippen molar-refractivity contribution in [1.29, 1.82) is 0 Å². The number of pyridine rings is 1. The zero-order chi connectivity index (χ0) is 17.8. The van der Waals surface area contributed by atoms with Gasteiger partial charge in [-0.2, -0.15) is 4.98 Å². The molecule has 0 bridgehead atoms. The molecule has 0 amide bonds. The lowest BCUT2D eigenvalue weighted by Gasteiger charge is -1.99. The van der Waals surface area contributed by atoms with E-state index in [1.807, 2.05) is 36.4 Å². The Labute approximate surface area is 152 Å². The summed E-state index contributed by atoms with van der Waals surface area (Å²) in [6.45, 7) is 0. The van der Waals surface area contributed by atoms with Gasteiger partial charge in [-0.25, -0.2) is 0 Å². The minimum Gasteiger partial charge on any atom is -0.497 e. The third-order valence-corrected chi connectivity index (χ3v) is 4.25. The molecule has 0 saturated heterocycles. The topological polar surface area (TPSA) is 100.0 Å². The maximum Gasteiger partial charge on any atom is 0.277 e. The van der Waals surface area contributed by atoms with Crippen molar-refractivity contribution in [2.24, 2.45) is 0 Å². The van der Waals surface area contributed by atoms with E-state index in [0.29, 0.717) is 28.6 Å². The van der Waals surface area contributed by atoms with Crippen LogP contribution in [-0.4, -0.2) is 32.4 Å². The molecule has 4 rings (SSSR count).